The molecule has 0 amide bonds. The monoisotopic (exact) mass is 180 g/mol. The normalized spacial score (nSPS) is 15.3. The summed E-state index contributed by atoms with van der Waals surface area (Å²) in [4.78, 5) is 0. The van der Waals surface area contributed by atoms with Crippen molar-refractivity contribution in [2.24, 2.45) is 0 Å². The Morgan fingerprint density at radius 3 is 2.23 bits per heavy atom. The number of aliphatic hydroxyl groups is 2. The van der Waals surface area contributed by atoms with Crippen LogP contribution in [-0.2, 0) is 0 Å². The summed E-state index contributed by atoms with van der Waals surface area (Å²) < 4.78 is 0. The van der Waals surface area contributed by atoms with Gasteiger partial charge in [-0.1, -0.05) is 30.3 Å². The maximum atomic E-state index is 9.66. The number of hydrogen-bond acceptors (Lipinski definition) is 2. The highest BCUT2D eigenvalue weighted by atomic mass is 16.3. The first-order valence-electron chi connectivity index (χ1n) is 4.61. The zero-order chi connectivity index (χ0) is 9.68. The minimum Gasteiger partial charge on any atom is -0.393 e. The molecule has 0 radical (unpaired) electrons. The molecule has 72 valence electrons. The standard InChI is InChI=1S/C11H16O2/c1-9(12)7-8-11(13)10-5-3-2-4-6-10/h2-6,9,11-13H,7-8H2,1H3/t9?,11-/m1/s1. The molecule has 0 aliphatic carbocycles. The summed E-state index contributed by atoms with van der Waals surface area (Å²) in [5, 5.41) is 18.7. The van der Waals surface area contributed by atoms with Crippen LogP contribution < -0.4 is 0 Å². The van der Waals surface area contributed by atoms with Crippen LogP contribution in [0, 0.1) is 0 Å². The van der Waals surface area contributed by atoms with E-state index in [1.807, 2.05) is 30.3 Å². The summed E-state index contributed by atoms with van der Waals surface area (Å²) in [5.41, 5.74) is 0.920. The lowest BCUT2D eigenvalue weighted by Crippen LogP contribution is -2.04. The van der Waals surface area contributed by atoms with E-state index < -0.39 is 6.10 Å². The molecular weight excluding hydrogens is 164 g/mol. The van der Waals surface area contributed by atoms with E-state index in [9.17, 15) is 5.11 Å². The van der Waals surface area contributed by atoms with Gasteiger partial charge in [-0.3, -0.25) is 0 Å². The number of rotatable bonds is 4. The predicted molar refractivity (Wildman–Crippen MR) is 52.3 cm³/mol. The van der Waals surface area contributed by atoms with Gasteiger partial charge in [-0.15, -0.1) is 0 Å². The van der Waals surface area contributed by atoms with E-state index in [-0.39, 0.29) is 6.10 Å². The van der Waals surface area contributed by atoms with Gasteiger partial charge in [-0.2, -0.15) is 0 Å². The maximum absolute atomic E-state index is 9.66. The summed E-state index contributed by atoms with van der Waals surface area (Å²) in [6.07, 6.45) is 0.465. The number of benzene rings is 1. The summed E-state index contributed by atoms with van der Waals surface area (Å²) in [5.74, 6) is 0. The van der Waals surface area contributed by atoms with Crippen LogP contribution in [0.2, 0.25) is 0 Å². The molecule has 0 bridgehead atoms. The molecule has 2 atom stereocenters. The van der Waals surface area contributed by atoms with Crippen LogP contribution in [0.25, 0.3) is 0 Å². The van der Waals surface area contributed by atoms with Crippen LogP contribution in [0.15, 0.2) is 30.3 Å². The molecule has 0 spiro atoms. The van der Waals surface area contributed by atoms with E-state index in [2.05, 4.69) is 0 Å². The van der Waals surface area contributed by atoms with Crippen molar-refractivity contribution in [2.75, 3.05) is 0 Å². The Morgan fingerprint density at radius 2 is 1.69 bits per heavy atom. The Labute approximate surface area is 78.8 Å². The smallest absolute Gasteiger partial charge is 0.0791 e. The Balaban J connectivity index is 2.44. The minimum atomic E-state index is -0.448. The van der Waals surface area contributed by atoms with E-state index in [1.165, 1.54) is 0 Å². The first-order valence-corrected chi connectivity index (χ1v) is 4.61. The topological polar surface area (TPSA) is 40.5 Å². The lowest BCUT2D eigenvalue weighted by molar-refractivity contribution is 0.123. The van der Waals surface area contributed by atoms with Crippen LogP contribution in [0.3, 0.4) is 0 Å². The fourth-order valence-electron chi connectivity index (χ4n) is 1.24. The van der Waals surface area contributed by atoms with Crippen molar-refractivity contribution in [1.82, 2.24) is 0 Å². The largest absolute Gasteiger partial charge is 0.393 e. The summed E-state index contributed by atoms with van der Waals surface area (Å²) in [6.45, 7) is 1.73. The quantitative estimate of drug-likeness (QED) is 0.742. The van der Waals surface area contributed by atoms with Gasteiger partial charge < -0.3 is 10.2 Å². The van der Waals surface area contributed by atoms with Crippen molar-refractivity contribution >= 4 is 0 Å². The van der Waals surface area contributed by atoms with Crippen LogP contribution in [0.4, 0.5) is 0 Å². The number of aliphatic hydroxyl groups excluding tert-OH is 2. The van der Waals surface area contributed by atoms with Gasteiger partial charge in [-0.05, 0) is 25.3 Å². The molecule has 1 rings (SSSR count). The zero-order valence-corrected chi connectivity index (χ0v) is 7.85. The molecule has 0 saturated heterocycles. The highest BCUT2D eigenvalue weighted by Gasteiger charge is 2.07. The van der Waals surface area contributed by atoms with E-state index in [4.69, 9.17) is 5.11 Å². The zero-order valence-electron chi connectivity index (χ0n) is 7.85. The molecule has 13 heavy (non-hydrogen) atoms. The molecule has 1 aromatic carbocycles. The molecule has 2 N–H and O–H groups in total. The van der Waals surface area contributed by atoms with Crippen molar-refractivity contribution < 1.29 is 10.2 Å². The highest BCUT2D eigenvalue weighted by molar-refractivity contribution is 5.16. The van der Waals surface area contributed by atoms with E-state index >= 15 is 0 Å². The molecule has 1 unspecified atom stereocenters. The molecule has 2 heteroatoms. The van der Waals surface area contributed by atoms with Gasteiger partial charge >= 0.3 is 0 Å². The van der Waals surface area contributed by atoms with E-state index in [0.29, 0.717) is 12.8 Å². The van der Waals surface area contributed by atoms with Crippen molar-refractivity contribution in [1.29, 1.82) is 0 Å². The Bertz CT molecular complexity index is 231. The second kappa shape index (κ2) is 5.00. The van der Waals surface area contributed by atoms with Crippen molar-refractivity contribution in [3.63, 3.8) is 0 Å². The van der Waals surface area contributed by atoms with Crippen LogP contribution in [-0.4, -0.2) is 16.3 Å². The molecule has 1 aromatic rings. The third kappa shape index (κ3) is 3.57. The first-order chi connectivity index (χ1) is 6.20. The molecule has 0 heterocycles. The Hall–Kier alpha value is -0.860. The fraction of sp³-hybridized carbons (Fsp3) is 0.455. The fourth-order valence-corrected chi connectivity index (χ4v) is 1.24. The SMILES string of the molecule is CC(O)CC[C@@H](O)c1ccccc1. The van der Waals surface area contributed by atoms with Crippen molar-refractivity contribution in [2.45, 2.75) is 32.0 Å². The van der Waals surface area contributed by atoms with E-state index in [0.717, 1.165) is 5.56 Å². The van der Waals surface area contributed by atoms with Crippen LogP contribution in [0.5, 0.6) is 0 Å². The van der Waals surface area contributed by atoms with Gasteiger partial charge in [0.2, 0.25) is 0 Å². The first kappa shape index (κ1) is 10.2. The Kier molecular flexibility index (Phi) is 3.93. The molecule has 0 aliphatic rings. The lowest BCUT2D eigenvalue weighted by atomic mass is 10.0. The van der Waals surface area contributed by atoms with Gasteiger partial charge in [0.05, 0.1) is 12.2 Å². The molecule has 0 aromatic heterocycles. The number of hydrogen-bond donors (Lipinski definition) is 2. The summed E-state index contributed by atoms with van der Waals surface area (Å²) in [7, 11) is 0. The summed E-state index contributed by atoms with van der Waals surface area (Å²) >= 11 is 0. The van der Waals surface area contributed by atoms with Crippen LogP contribution in [0.1, 0.15) is 31.4 Å². The second-order valence-corrected chi connectivity index (χ2v) is 3.35. The molecule has 2 nitrogen and oxygen atoms in total. The molecule has 0 aliphatic heterocycles. The van der Waals surface area contributed by atoms with Crippen LogP contribution >= 0.6 is 0 Å². The van der Waals surface area contributed by atoms with Gasteiger partial charge in [0, 0.05) is 0 Å². The van der Waals surface area contributed by atoms with Gasteiger partial charge in [-0.25, -0.2) is 0 Å². The van der Waals surface area contributed by atoms with Gasteiger partial charge in [0.25, 0.3) is 0 Å². The average Bonchev–Trinajstić information content (AvgIpc) is 2.15. The van der Waals surface area contributed by atoms with Gasteiger partial charge in [0.15, 0.2) is 0 Å². The van der Waals surface area contributed by atoms with Crippen molar-refractivity contribution in [3.8, 4) is 0 Å². The highest BCUT2D eigenvalue weighted by Crippen LogP contribution is 2.18. The van der Waals surface area contributed by atoms with Gasteiger partial charge in [0.1, 0.15) is 0 Å². The van der Waals surface area contributed by atoms with Crippen molar-refractivity contribution in [3.05, 3.63) is 35.9 Å². The second-order valence-electron chi connectivity index (χ2n) is 3.35. The summed E-state index contributed by atoms with van der Waals surface area (Å²) in [6, 6.07) is 9.52. The molecule has 0 fully saturated rings. The third-order valence-electron chi connectivity index (χ3n) is 2.04. The average molecular weight is 180 g/mol. The molecular formula is C11H16O2. The Morgan fingerprint density at radius 1 is 1.08 bits per heavy atom. The third-order valence-corrected chi connectivity index (χ3v) is 2.04. The van der Waals surface area contributed by atoms with E-state index in [1.54, 1.807) is 6.92 Å². The maximum Gasteiger partial charge on any atom is 0.0791 e. The predicted octanol–water partition coefficient (Wildman–Crippen LogP) is 1.88. The lowest BCUT2D eigenvalue weighted by Gasteiger charge is -2.11. The minimum absolute atomic E-state index is 0.335. The molecule has 0 saturated carbocycles.